The van der Waals surface area contributed by atoms with Crippen LogP contribution in [0, 0.1) is 0 Å². The first-order valence-electron chi connectivity index (χ1n) is 4.49. The second-order valence-corrected chi connectivity index (χ2v) is 4.25. The van der Waals surface area contributed by atoms with Crippen LogP contribution in [0.2, 0.25) is 5.15 Å². The van der Waals surface area contributed by atoms with Crippen LogP contribution in [0.25, 0.3) is 0 Å². The second-order valence-electron chi connectivity index (χ2n) is 2.93. The number of rotatable bonds is 3. The molecule has 0 aliphatic rings. The Balaban J connectivity index is 2.03. The summed E-state index contributed by atoms with van der Waals surface area (Å²) in [6.45, 7) is 0. The van der Waals surface area contributed by atoms with Crippen LogP contribution in [-0.4, -0.2) is 9.97 Å². The summed E-state index contributed by atoms with van der Waals surface area (Å²) >= 11 is 7.49. The molecule has 4 heteroatoms. The zero-order chi connectivity index (χ0) is 10.5. The fourth-order valence-electron chi connectivity index (χ4n) is 1.13. The van der Waals surface area contributed by atoms with E-state index in [2.05, 4.69) is 22.1 Å². The van der Waals surface area contributed by atoms with Crippen molar-refractivity contribution in [3.8, 4) is 0 Å². The van der Waals surface area contributed by atoms with Gasteiger partial charge < -0.3 is 0 Å². The van der Waals surface area contributed by atoms with E-state index in [1.54, 1.807) is 24.2 Å². The second kappa shape index (κ2) is 5.14. The summed E-state index contributed by atoms with van der Waals surface area (Å²) in [6.07, 6.45) is 3.24. The molecule has 0 amide bonds. The molecular formula is C11H9ClN2S. The highest BCUT2D eigenvalue weighted by atomic mass is 35.5. The molecule has 0 atom stereocenters. The van der Waals surface area contributed by atoms with Crippen LogP contribution in [0.15, 0.2) is 47.8 Å². The van der Waals surface area contributed by atoms with Gasteiger partial charge in [0.25, 0.3) is 0 Å². The Bertz CT molecular complexity index is 434. The van der Waals surface area contributed by atoms with E-state index in [4.69, 9.17) is 11.6 Å². The Morgan fingerprint density at radius 3 is 2.53 bits per heavy atom. The van der Waals surface area contributed by atoms with Crippen molar-refractivity contribution >= 4 is 23.4 Å². The Morgan fingerprint density at radius 1 is 1.07 bits per heavy atom. The van der Waals surface area contributed by atoms with Gasteiger partial charge in [0.1, 0.15) is 5.03 Å². The lowest BCUT2D eigenvalue weighted by molar-refractivity contribution is 1.05. The van der Waals surface area contributed by atoms with Gasteiger partial charge in [-0.3, -0.25) is 0 Å². The lowest BCUT2D eigenvalue weighted by atomic mass is 10.2. The number of benzene rings is 1. The van der Waals surface area contributed by atoms with Crippen molar-refractivity contribution in [1.29, 1.82) is 0 Å². The fraction of sp³-hybridized carbons (Fsp3) is 0.0909. The van der Waals surface area contributed by atoms with E-state index in [0.29, 0.717) is 5.15 Å². The van der Waals surface area contributed by atoms with Gasteiger partial charge in [0.05, 0.1) is 0 Å². The van der Waals surface area contributed by atoms with Gasteiger partial charge in [0.15, 0.2) is 5.15 Å². The standard InChI is InChI=1S/C11H9ClN2S/c12-10-11(14-7-6-13-10)15-8-9-4-2-1-3-5-9/h1-7H,8H2. The van der Waals surface area contributed by atoms with E-state index in [9.17, 15) is 0 Å². The monoisotopic (exact) mass is 236 g/mol. The van der Waals surface area contributed by atoms with Gasteiger partial charge in [-0.05, 0) is 5.56 Å². The number of aromatic nitrogens is 2. The maximum atomic E-state index is 5.90. The van der Waals surface area contributed by atoms with Crippen molar-refractivity contribution in [3.05, 3.63) is 53.4 Å². The van der Waals surface area contributed by atoms with Crippen LogP contribution in [-0.2, 0) is 5.75 Å². The van der Waals surface area contributed by atoms with Crippen LogP contribution < -0.4 is 0 Å². The molecule has 0 radical (unpaired) electrons. The summed E-state index contributed by atoms with van der Waals surface area (Å²) in [4.78, 5) is 8.14. The molecule has 0 spiro atoms. The van der Waals surface area contributed by atoms with Crippen LogP contribution in [0.4, 0.5) is 0 Å². The van der Waals surface area contributed by atoms with E-state index in [1.807, 2.05) is 18.2 Å². The van der Waals surface area contributed by atoms with E-state index >= 15 is 0 Å². The molecule has 0 aliphatic heterocycles. The normalized spacial score (nSPS) is 10.2. The first kappa shape index (κ1) is 10.5. The van der Waals surface area contributed by atoms with Gasteiger partial charge in [-0.15, -0.1) is 0 Å². The quantitative estimate of drug-likeness (QED) is 0.764. The predicted molar refractivity (Wildman–Crippen MR) is 63.0 cm³/mol. The van der Waals surface area contributed by atoms with E-state index in [1.165, 1.54) is 5.56 Å². The summed E-state index contributed by atoms with van der Waals surface area (Å²) in [5.74, 6) is 0.860. The van der Waals surface area contributed by atoms with Gasteiger partial charge in [0.2, 0.25) is 0 Å². The lowest BCUT2D eigenvalue weighted by Gasteiger charge is -2.01. The predicted octanol–water partition coefficient (Wildman–Crippen LogP) is 3.42. The molecule has 0 saturated carbocycles. The SMILES string of the molecule is Clc1nccnc1SCc1ccccc1. The molecule has 0 saturated heterocycles. The maximum Gasteiger partial charge on any atom is 0.161 e. The number of hydrogen-bond donors (Lipinski definition) is 0. The van der Waals surface area contributed by atoms with Gasteiger partial charge in [-0.25, -0.2) is 9.97 Å². The van der Waals surface area contributed by atoms with Crippen molar-refractivity contribution in [2.24, 2.45) is 0 Å². The van der Waals surface area contributed by atoms with E-state index in [-0.39, 0.29) is 0 Å². The molecular weight excluding hydrogens is 228 g/mol. The molecule has 2 aromatic rings. The minimum Gasteiger partial charge on any atom is -0.245 e. The zero-order valence-corrected chi connectivity index (χ0v) is 9.50. The number of nitrogens with zero attached hydrogens (tertiary/aromatic N) is 2. The molecule has 76 valence electrons. The Labute approximate surface area is 97.7 Å². The van der Waals surface area contributed by atoms with Gasteiger partial charge in [-0.1, -0.05) is 53.7 Å². The average molecular weight is 237 g/mol. The molecule has 2 nitrogen and oxygen atoms in total. The Morgan fingerprint density at radius 2 is 1.80 bits per heavy atom. The Hall–Kier alpha value is -1.06. The van der Waals surface area contributed by atoms with Crippen molar-refractivity contribution in [3.63, 3.8) is 0 Å². The highest BCUT2D eigenvalue weighted by Gasteiger charge is 2.02. The molecule has 0 fully saturated rings. The first-order chi connectivity index (χ1) is 7.36. The van der Waals surface area contributed by atoms with E-state index in [0.717, 1.165) is 10.8 Å². The van der Waals surface area contributed by atoms with Crippen molar-refractivity contribution in [2.75, 3.05) is 0 Å². The van der Waals surface area contributed by atoms with Crippen LogP contribution in [0.5, 0.6) is 0 Å². The zero-order valence-electron chi connectivity index (χ0n) is 7.93. The minimum absolute atomic E-state index is 0.471. The van der Waals surface area contributed by atoms with Crippen LogP contribution in [0.3, 0.4) is 0 Å². The summed E-state index contributed by atoms with van der Waals surface area (Å²) < 4.78 is 0. The van der Waals surface area contributed by atoms with Gasteiger partial charge in [0, 0.05) is 18.1 Å². The van der Waals surface area contributed by atoms with Crippen LogP contribution in [0.1, 0.15) is 5.56 Å². The average Bonchev–Trinajstić information content (AvgIpc) is 2.29. The topological polar surface area (TPSA) is 25.8 Å². The van der Waals surface area contributed by atoms with Gasteiger partial charge in [-0.2, -0.15) is 0 Å². The molecule has 1 aromatic heterocycles. The summed E-state index contributed by atoms with van der Waals surface area (Å²) in [6, 6.07) is 10.2. The molecule has 0 N–H and O–H groups in total. The number of hydrogen-bond acceptors (Lipinski definition) is 3. The van der Waals surface area contributed by atoms with Crippen molar-refractivity contribution < 1.29 is 0 Å². The highest BCUT2D eigenvalue weighted by Crippen LogP contribution is 2.25. The minimum atomic E-state index is 0.471. The molecule has 0 aliphatic carbocycles. The van der Waals surface area contributed by atoms with Crippen molar-refractivity contribution in [2.45, 2.75) is 10.8 Å². The molecule has 0 bridgehead atoms. The molecule has 15 heavy (non-hydrogen) atoms. The third kappa shape index (κ3) is 2.94. The fourth-order valence-corrected chi connectivity index (χ4v) is 2.20. The smallest absolute Gasteiger partial charge is 0.161 e. The lowest BCUT2D eigenvalue weighted by Crippen LogP contribution is -1.85. The third-order valence-electron chi connectivity index (χ3n) is 1.84. The molecule has 2 rings (SSSR count). The maximum absolute atomic E-state index is 5.90. The van der Waals surface area contributed by atoms with Crippen LogP contribution >= 0.6 is 23.4 Å². The molecule has 1 heterocycles. The highest BCUT2D eigenvalue weighted by molar-refractivity contribution is 7.98. The number of halogens is 1. The van der Waals surface area contributed by atoms with Crippen molar-refractivity contribution in [1.82, 2.24) is 9.97 Å². The Kier molecular flexibility index (Phi) is 3.59. The third-order valence-corrected chi connectivity index (χ3v) is 3.28. The molecule has 0 unspecified atom stereocenters. The summed E-state index contributed by atoms with van der Waals surface area (Å²) in [5.41, 5.74) is 1.25. The summed E-state index contributed by atoms with van der Waals surface area (Å²) in [7, 11) is 0. The van der Waals surface area contributed by atoms with E-state index < -0.39 is 0 Å². The number of thioether (sulfide) groups is 1. The first-order valence-corrected chi connectivity index (χ1v) is 5.86. The summed E-state index contributed by atoms with van der Waals surface area (Å²) in [5, 5.41) is 1.25. The van der Waals surface area contributed by atoms with Gasteiger partial charge >= 0.3 is 0 Å². The molecule has 1 aromatic carbocycles. The largest absolute Gasteiger partial charge is 0.245 e.